The van der Waals surface area contributed by atoms with E-state index in [0.29, 0.717) is 31.1 Å². The second kappa shape index (κ2) is 8.25. The van der Waals surface area contributed by atoms with Crippen LogP contribution in [0, 0.1) is 0 Å². The van der Waals surface area contributed by atoms with Gasteiger partial charge in [-0.05, 0) is 58.2 Å². The molecule has 120 valence electrons. The van der Waals surface area contributed by atoms with Gasteiger partial charge in [-0.3, -0.25) is 0 Å². The average Bonchev–Trinajstić information content (AvgIpc) is 2.47. The Morgan fingerprint density at radius 2 is 1.71 bits per heavy atom. The quantitative estimate of drug-likeness (QED) is 0.754. The highest BCUT2D eigenvalue weighted by Gasteiger charge is 2.20. The maximum Gasteiger partial charge on any atom is 0.161 e. The van der Waals surface area contributed by atoms with Gasteiger partial charge in [0, 0.05) is 7.11 Å². The Balaban J connectivity index is 2.80. The Hall–Kier alpha value is -1.26. The third-order valence-electron chi connectivity index (χ3n) is 3.52. The normalized spacial score (nSPS) is 13.0. The van der Waals surface area contributed by atoms with Crippen LogP contribution in [0.25, 0.3) is 0 Å². The number of benzene rings is 1. The van der Waals surface area contributed by atoms with E-state index in [-0.39, 0.29) is 5.60 Å². The molecule has 1 aromatic rings. The van der Waals surface area contributed by atoms with Crippen molar-refractivity contribution in [2.24, 2.45) is 0 Å². The number of aliphatic hydroxyl groups excluding tert-OH is 1. The highest BCUT2D eigenvalue weighted by atomic mass is 16.5. The molecule has 4 nitrogen and oxygen atoms in total. The zero-order valence-corrected chi connectivity index (χ0v) is 13.8. The summed E-state index contributed by atoms with van der Waals surface area (Å²) in [6.07, 6.45) is 0.886. The molecule has 0 bridgehead atoms. The summed E-state index contributed by atoms with van der Waals surface area (Å²) in [5.41, 5.74) is 0.614. The Morgan fingerprint density at radius 1 is 1.10 bits per heavy atom. The zero-order valence-electron chi connectivity index (χ0n) is 13.8. The van der Waals surface area contributed by atoms with Crippen molar-refractivity contribution in [2.75, 3.05) is 20.3 Å². The lowest BCUT2D eigenvalue weighted by atomic mass is 9.96. The van der Waals surface area contributed by atoms with Gasteiger partial charge in [-0.2, -0.15) is 0 Å². The van der Waals surface area contributed by atoms with Crippen LogP contribution in [0.1, 0.15) is 52.2 Å². The molecule has 4 heteroatoms. The maximum atomic E-state index is 10.3. The first-order valence-electron chi connectivity index (χ1n) is 7.56. The van der Waals surface area contributed by atoms with Crippen LogP contribution in [0.15, 0.2) is 18.2 Å². The smallest absolute Gasteiger partial charge is 0.161 e. The Morgan fingerprint density at radius 3 is 2.29 bits per heavy atom. The van der Waals surface area contributed by atoms with E-state index < -0.39 is 6.10 Å². The van der Waals surface area contributed by atoms with E-state index in [9.17, 15) is 5.11 Å². The molecule has 0 radical (unpaired) electrons. The van der Waals surface area contributed by atoms with Gasteiger partial charge in [0.15, 0.2) is 11.5 Å². The van der Waals surface area contributed by atoms with Gasteiger partial charge in [-0.25, -0.2) is 0 Å². The van der Waals surface area contributed by atoms with E-state index >= 15 is 0 Å². The monoisotopic (exact) mass is 296 g/mol. The van der Waals surface area contributed by atoms with Crippen molar-refractivity contribution in [2.45, 2.75) is 52.2 Å². The van der Waals surface area contributed by atoms with E-state index in [1.165, 1.54) is 0 Å². The van der Waals surface area contributed by atoms with Crippen LogP contribution in [0.2, 0.25) is 0 Å². The highest BCUT2D eigenvalue weighted by Crippen LogP contribution is 2.32. The third kappa shape index (κ3) is 5.56. The first-order valence-corrected chi connectivity index (χ1v) is 7.56. The molecule has 1 aromatic carbocycles. The number of hydrogen-bond acceptors (Lipinski definition) is 4. The van der Waals surface area contributed by atoms with Crippen LogP contribution in [0.3, 0.4) is 0 Å². The summed E-state index contributed by atoms with van der Waals surface area (Å²) in [6, 6.07) is 5.60. The summed E-state index contributed by atoms with van der Waals surface area (Å²) in [5.74, 6) is 1.40. The molecule has 1 atom stereocenters. The second-order valence-corrected chi connectivity index (χ2v) is 5.59. The van der Waals surface area contributed by atoms with Crippen LogP contribution in [0.5, 0.6) is 11.5 Å². The van der Waals surface area contributed by atoms with Gasteiger partial charge in [0.25, 0.3) is 0 Å². The molecule has 0 amide bonds. The van der Waals surface area contributed by atoms with Gasteiger partial charge in [0.2, 0.25) is 0 Å². The van der Waals surface area contributed by atoms with E-state index in [2.05, 4.69) is 0 Å². The van der Waals surface area contributed by atoms with Crippen molar-refractivity contribution < 1.29 is 19.3 Å². The number of rotatable bonds is 9. The second-order valence-electron chi connectivity index (χ2n) is 5.59. The van der Waals surface area contributed by atoms with Crippen molar-refractivity contribution in [3.63, 3.8) is 0 Å². The van der Waals surface area contributed by atoms with Crippen LogP contribution < -0.4 is 9.47 Å². The Kier molecular flexibility index (Phi) is 6.99. The van der Waals surface area contributed by atoms with Gasteiger partial charge in [-0.15, -0.1) is 0 Å². The molecule has 0 aromatic heterocycles. The molecule has 0 spiro atoms. The average molecular weight is 296 g/mol. The standard InChI is InChI=1S/C17H28O4/c1-6-20-15-9-8-13(12-16(15)21-7-2)14(18)10-11-17(3,4)19-5/h8-9,12,14,18H,6-7,10-11H2,1-5H3. The minimum Gasteiger partial charge on any atom is -0.490 e. The summed E-state index contributed by atoms with van der Waals surface area (Å²) in [7, 11) is 1.69. The van der Waals surface area contributed by atoms with Crippen molar-refractivity contribution in [1.82, 2.24) is 0 Å². The largest absolute Gasteiger partial charge is 0.490 e. The molecule has 0 heterocycles. The first-order chi connectivity index (χ1) is 9.93. The molecule has 1 N–H and O–H groups in total. The fourth-order valence-corrected chi connectivity index (χ4v) is 2.03. The fourth-order valence-electron chi connectivity index (χ4n) is 2.03. The molecule has 0 aliphatic rings. The molecular weight excluding hydrogens is 268 g/mol. The topological polar surface area (TPSA) is 47.9 Å². The fraction of sp³-hybridized carbons (Fsp3) is 0.647. The number of aliphatic hydroxyl groups is 1. The first kappa shape index (κ1) is 17.8. The number of ether oxygens (including phenoxy) is 3. The van der Waals surface area contributed by atoms with Crippen molar-refractivity contribution in [1.29, 1.82) is 0 Å². The molecule has 0 saturated carbocycles. The van der Waals surface area contributed by atoms with E-state index in [1.54, 1.807) is 7.11 Å². The minimum atomic E-state index is -0.533. The van der Waals surface area contributed by atoms with Crippen molar-refractivity contribution in [3.8, 4) is 11.5 Å². The summed E-state index contributed by atoms with van der Waals surface area (Å²) in [4.78, 5) is 0. The van der Waals surface area contributed by atoms with E-state index in [1.807, 2.05) is 45.9 Å². The van der Waals surface area contributed by atoms with Crippen LogP contribution in [-0.4, -0.2) is 31.0 Å². The van der Waals surface area contributed by atoms with Gasteiger partial charge < -0.3 is 19.3 Å². The molecule has 21 heavy (non-hydrogen) atoms. The van der Waals surface area contributed by atoms with Crippen molar-refractivity contribution in [3.05, 3.63) is 23.8 Å². The lowest BCUT2D eigenvalue weighted by Crippen LogP contribution is -2.23. The van der Waals surface area contributed by atoms with E-state index in [4.69, 9.17) is 14.2 Å². The summed E-state index contributed by atoms with van der Waals surface area (Å²) in [5, 5.41) is 10.3. The molecule has 1 rings (SSSR count). The van der Waals surface area contributed by atoms with Gasteiger partial charge in [0.05, 0.1) is 24.9 Å². The third-order valence-corrected chi connectivity index (χ3v) is 3.52. The predicted molar refractivity (Wildman–Crippen MR) is 84.1 cm³/mol. The van der Waals surface area contributed by atoms with Crippen LogP contribution in [0.4, 0.5) is 0 Å². The molecular formula is C17H28O4. The molecule has 0 aliphatic carbocycles. The highest BCUT2D eigenvalue weighted by molar-refractivity contribution is 5.43. The Bertz CT molecular complexity index is 429. The lowest BCUT2D eigenvalue weighted by molar-refractivity contribution is 0.00277. The van der Waals surface area contributed by atoms with Gasteiger partial charge in [0.1, 0.15) is 0 Å². The van der Waals surface area contributed by atoms with Crippen LogP contribution >= 0.6 is 0 Å². The maximum absolute atomic E-state index is 10.3. The molecule has 1 unspecified atom stereocenters. The van der Waals surface area contributed by atoms with Crippen LogP contribution in [-0.2, 0) is 4.74 Å². The van der Waals surface area contributed by atoms with Gasteiger partial charge in [-0.1, -0.05) is 6.07 Å². The Labute approximate surface area is 128 Å². The summed E-state index contributed by atoms with van der Waals surface area (Å²) < 4.78 is 16.5. The number of methoxy groups -OCH3 is 1. The summed E-state index contributed by atoms with van der Waals surface area (Å²) in [6.45, 7) is 9.05. The van der Waals surface area contributed by atoms with Crippen molar-refractivity contribution >= 4 is 0 Å². The number of hydrogen-bond donors (Lipinski definition) is 1. The SMILES string of the molecule is CCOc1ccc(C(O)CCC(C)(C)OC)cc1OCC. The summed E-state index contributed by atoms with van der Waals surface area (Å²) >= 11 is 0. The van der Waals surface area contributed by atoms with E-state index in [0.717, 1.165) is 12.0 Å². The molecule has 0 fully saturated rings. The lowest BCUT2D eigenvalue weighted by Gasteiger charge is -2.24. The predicted octanol–water partition coefficient (Wildman–Crippen LogP) is 3.72. The zero-order chi connectivity index (χ0) is 15.9. The molecule has 0 saturated heterocycles. The minimum absolute atomic E-state index is 0.227. The molecule has 0 aliphatic heterocycles. The van der Waals surface area contributed by atoms with Gasteiger partial charge >= 0.3 is 0 Å².